The van der Waals surface area contributed by atoms with Crippen LogP contribution in [0.15, 0.2) is 48.5 Å². The first-order chi connectivity index (χ1) is 23.4. The van der Waals surface area contributed by atoms with E-state index in [-0.39, 0.29) is 53.1 Å². The van der Waals surface area contributed by atoms with Crippen LogP contribution in [-0.4, -0.2) is 20.4 Å². The summed E-state index contributed by atoms with van der Waals surface area (Å²) in [4.78, 5) is 0. The lowest BCUT2D eigenvalue weighted by Gasteiger charge is -2.38. The number of phenolic OH excluding ortho intramolecular Hbond substituents is 4. The van der Waals surface area contributed by atoms with Gasteiger partial charge in [0.1, 0.15) is 23.0 Å². The van der Waals surface area contributed by atoms with Crippen molar-refractivity contribution in [3.05, 3.63) is 113 Å². The highest BCUT2D eigenvalue weighted by molar-refractivity contribution is 6.31. The lowest BCUT2D eigenvalue weighted by atomic mass is 9.66. The Hall–Kier alpha value is -2.76. The highest BCUT2D eigenvalue weighted by Gasteiger charge is 2.41. The predicted octanol–water partition coefficient (Wildman–Crippen LogP) is 13.9. The van der Waals surface area contributed by atoms with Crippen molar-refractivity contribution in [3.63, 3.8) is 0 Å². The van der Waals surface area contributed by atoms with Gasteiger partial charge in [0.25, 0.3) is 0 Å². The Morgan fingerprint density at radius 3 is 1.10 bits per heavy atom. The molecule has 0 aliphatic carbocycles. The van der Waals surface area contributed by atoms with E-state index < -0.39 is 11.3 Å². The molecule has 0 bridgehead atoms. The first kappa shape index (κ1) is 40.0. The molecule has 4 rings (SSSR count). The Bertz CT molecular complexity index is 1740. The Balaban J connectivity index is 2.22. The maximum absolute atomic E-state index is 12.2. The molecule has 0 radical (unpaired) electrons. The number of aromatic hydroxyl groups is 4. The van der Waals surface area contributed by atoms with Gasteiger partial charge in [0.15, 0.2) is 0 Å². The standard InChI is InChI=1S/C42H50Cl4O4/c1-10-23(7)31-14-27(45)18-36(40(31)49)42(9,37-19-28(46)15-32(41(37)50)24(8)11-2)20-35(33-16-25(43)12-29(21(3)4)38(33)47)34-17-26(44)13-30(22(5)6)39(34)48/h12-19,21-24,35,47-50H,10-11,20H2,1-9H3. The molecule has 50 heavy (non-hydrogen) atoms. The quantitative estimate of drug-likeness (QED) is 0.116. The Kier molecular flexibility index (Phi) is 12.7. The summed E-state index contributed by atoms with van der Waals surface area (Å²) in [7, 11) is 0. The molecule has 4 aromatic rings. The molecular weight excluding hydrogens is 710 g/mol. The van der Waals surface area contributed by atoms with Crippen LogP contribution in [0.3, 0.4) is 0 Å². The van der Waals surface area contributed by atoms with Crippen LogP contribution in [0.5, 0.6) is 23.0 Å². The Labute approximate surface area is 318 Å². The van der Waals surface area contributed by atoms with Crippen LogP contribution in [0, 0.1) is 0 Å². The number of hydrogen-bond donors (Lipinski definition) is 4. The minimum atomic E-state index is -1.21. The lowest BCUT2D eigenvalue weighted by Crippen LogP contribution is -2.28. The Morgan fingerprint density at radius 2 is 0.780 bits per heavy atom. The summed E-state index contributed by atoms with van der Waals surface area (Å²) in [6, 6.07) is 14.0. The number of halogens is 4. The van der Waals surface area contributed by atoms with Gasteiger partial charge in [0.2, 0.25) is 0 Å². The molecule has 4 N–H and O–H groups in total. The summed E-state index contributed by atoms with van der Waals surface area (Å²) in [5.74, 6) is -0.700. The Morgan fingerprint density at radius 1 is 0.480 bits per heavy atom. The van der Waals surface area contributed by atoms with Gasteiger partial charge in [-0.2, -0.15) is 0 Å². The van der Waals surface area contributed by atoms with Crippen molar-refractivity contribution in [1.82, 2.24) is 0 Å². The summed E-state index contributed by atoms with van der Waals surface area (Å²) in [5.41, 5.74) is 3.38. The number of benzene rings is 4. The van der Waals surface area contributed by atoms with Crippen LogP contribution in [0.25, 0.3) is 0 Å². The van der Waals surface area contributed by atoms with E-state index in [1.165, 1.54) is 0 Å². The fourth-order valence-corrected chi connectivity index (χ4v) is 8.05. The van der Waals surface area contributed by atoms with E-state index in [1.54, 1.807) is 48.5 Å². The molecule has 0 amide bonds. The van der Waals surface area contributed by atoms with Crippen molar-refractivity contribution in [2.24, 2.45) is 0 Å². The van der Waals surface area contributed by atoms with E-state index in [9.17, 15) is 20.4 Å². The van der Waals surface area contributed by atoms with Crippen LogP contribution in [-0.2, 0) is 5.41 Å². The van der Waals surface area contributed by atoms with Crippen LogP contribution in [0.1, 0.15) is 156 Å². The monoisotopic (exact) mass is 758 g/mol. The third kappa shape index (κ3) is 7.84. The number of phenols is 4. The second-order valence-electron chi connectivity index (χ2n) is 14.7. The zero-order valence-electron chi connectivity index (χ0n) is 30.4. The third-order valence-corrected chi connectivity index (χ3v) is 11.4. The van der Waals surface area contributed by atoms with Gasteiger partial charge in [-0.05, 0) is 114 Å². The first-order valence-corrected chi connectivity index (χ1v) is 19.0. The fraction of sp³-hybridized carbons (Fsp3) is 0.429. The van der Waals surface area contributed by atoms with E-state index in [1.807, 2.05) is 62.3 Å². The van der Waals surface area contributed by atoms with Crippen molar-refractivity contribution in [2.75, 3.05) is 0 Å². The van der Waals surface area contributed by atoms with E-state index in [0.717, 1.165) is 12.8 Å². The normalized spacial score (nSPS) is 14.4. The molecular formula is C42H50Cl4O4. The highest BCUT2D eigenvalue weighted by atomic mass is 35.5. The van der Waals surface area contributed by atoms with Gasteiger partial charge in [0.05, 0.1) is 0 Å². The van der Waals surface area contributed by atoms with Gasteiger partial charge >= 0.3 is 0 Å². The molecule has 0 aliphatic rings. The number of hydrogen-bond acceptors (Lipinski definition) is 4. The second-order valence-corrected chi connectivity index (χ2v) is 16.4. The van der Waals surface area contributed by atoms with Gasteiger partial charge in [-0.3, -0.25) is 0 Å². The third-order valence-electron chi connectivity index (χ3n) is 10.6. The molecule has 270 valence electrons. The van der Waals surface area contributed by atoms with Gasteiger partial charge in [-0.1, -0.05) is 109 Å². The second kappa shape index (κ2) is 15.9. The topological polar surface area (TPSA) is 80.9 Å². The van der Waals surface area contributed by atoms with E-state index in [4.69, 9.17) is 46.4 Å². The molecule has 0 fully saturated rings. The molecule has 0 spiro atoms. The molecule has 0 saturated carbocycles. The van der Waals surface area contributed by atoms with Gasteiger partial charge in [-0.25, -0.2) is 0 Å². The predicted molar refractivity (Wildman–Crippen MR) is 211 cm³/mol. The largest absolute Gasteiger partial charge is 0.507 e. The van der Waals surface area contributed by atoms with Crippen LogP contribution >= 0.6 is 46.4 Å². The minimum absolute atomic E-state index is 0.0210. The lowest BCUT2D eigenvalue weighted by molar-refractivity contribution is 0.387. The average Bonchev–Trinajstić information content (AvgIpc) is 3.06. The summed E-state index contributed by atoms with van der Waals surface area (Å²) >= 11 is 27.3. The SMILES string of the molecule is CCC(C)c1cc(Cl)cc(C(C)(CC(c2cc(Cl)cc(C(C)C)c2O)c2cc(Cl)cc(C(C)C)c2O)c2cc(Cl)cc(C(C)CC)c2O)c1O. The summed E-state index contributed by atoms with van der Waals surface area (Å²) < 4.78 is 0. The molecule has 0 saturated heterocycles. The molecule has 2 atom stereocenters. The van der Waals surface area contributed by atoms with Crippen LogP contribution in [0.4, 0.5) is 0 Å². The van der Waals surface area contributed by atoms with Crippen molar-refractivity contribution < 1.29 is 20.4 Å². The smallest absolute Gasteiger partial charge is 0.123 e. The summed E-state index contributed by atoms with van der Waals surface area (Å²) in [5, 5.41) is 50.0. The van der Waals surface area contributed by atoms with Crippen LogP contribution < -0.4 is 0 Å². The zero-order chi connectivity index (χ0) is 37.4. The maximum Gasteiger partial charge on any atom is 0.123 e. The zero-order valence-corrected chi connectivity index (χ0v) is 33.5. The van der Waals surface area contributed by atoms with E-state index >= 15 is 0 Å². The summed E-state index contributed by atoms with van der Waals surface area (Å²) in [6.45, 7) is 18.0. The highest BCUT2D eigenvalue weighted by Crippen LogP contribution is 2.55. The molecule has 0 aromatic heterocycles. The molecule has 4 nitrogen and oxygen atoms in total. The first-order valence-electron chi connectivity index (χ1n) is 17.5. The van der Waals surface area contributed by atoms with Gasteiger partial charge in [-0.15, -0.1) is 0 Å². The molecule has 0 heterocycles. The van der Waals surface area contributed by atoms with Crippen LogP contribution in [0.2, 0.25) is 20.1 Å². The molecule has 0 aliphatic heterocycles. The average molecular weight is 761 g/mol. The fourth-order valence-electron chi connectivity index (χ4n) is 7.13. The maximum atomic E-state index is 12.2. The van der Waals surface area contributed by atoms with Crippen molar-refractivity contribution in [3.8, 4) is 23.0 Å². The molecule has 8 heteroatoms. The van der Waals surface area contributed by atoms with Crippen molar-refractivity contribution >= 4 is 46.4 Å². The molecule has 2 unspecified atom stereocenters. The molecule has 4 aromatic carbocycles. The van der Waals surface area contributed by atoms with Crippen molar-refractivity contribution in [1.29, 1.82) is 0 Å². The van der Waals surface area contributed by atoms with Gasteiger partial charge < -0.3 is 20.4 Å². The van der Waals surface area contributed by atoms with Crippen molar-refractivity contribution in [2.45, 2.75) is 117 Å². The number of rotatable bonds is 12. The van der Waals surface area contributed by atoms with Gasteiger partial charge in [0, 0.05) is 53.7 Å². The van der Waals surface area contributed by atoms with E-state index in [2.05, 4.69) is 0 Å². The summed E-state index contributed by atoms with van der Waals surface area (Å²) in [6.07, 6.45) is 1.65. The van der Waals surface area contributed by atoms with E-state index in [0.29, 0.717) is 64.6 Å². The minimum Gasteiger partial charge on any atom is -0.507 e.